The third-order valence-electron chi connectivity index (χ3n) is 3.06. The van der Waals surface area contributed by atoms with Gasteiger partial charge in [-0.25, -0.2) is 0 Å². The predicted octanol–water partition coefficient (Wildman–Crippen LogP) is 5.09. The summed E-state index contributed by atoms with van der Waals surface area (Å²) in [6.07, 6.45) is 0. The summed E-state index contributed by atoms with van der Waals surface area (Å²) in [4.78, 5) is 1.29. The van der Waals surface area contributed by atoms with E-state index in [1.807, 2.05) is 18.2 Å². The molecule has 1 heterocycles. The summed E-state index contributed by atoms with van der Waals surface area (Å²) in [6, 6.07) is 20.9. The van der Waals surface area contributed by atoms with Crippen LogP contribution >= 0.6 is 11.3 Å². The summed E-state index contributed by atoms with van der Waals surface area (Å²) in [5.74, 6) is 0.893. The largest absolute Gasteiger partial charge is 0.497 e. The number of thiophene rings is 1. The molecule has 0 atom stereocenters. The molecule has 0 saturated carbocycles. The topological polar surface area (TPSA) is 9.23 Å². The van der Waals surface area contributed by atoms with Gasteiger partial charge in [0.25, 0.3) is 0 Å². The number of hydrogen-bond donors (Lipinski definition) is 0. The SMILES string of the molecule is COc1cccc(-c2csc(-c3ccccc3)c2)c1. The van der Waals surface area contributed by atoms with Gasteiger partial charge in [0.1, 0.15) is 5.75 Å². The van der Waals surface area contributed by atoms with Crippen molar-refractivity contribution in [2.45, 2.75) is 0 Å². The van der Waals surface area contributed by atoms with Crippen molar-refractivity contribution in [3.05, 3.63) is 66.0 Å². The Kier molecular flexibility index (Phi) is 3.34. The third kappa shape index (κ3) is 2.54. The maximum Gasteiger partial charge on any atom is 0.119 e. The van der Waals surface area contributed by atoms with Crippen molar-refractivity contribution in [3.8, 4) is 27.3 Å². The van der Waals surface area contributed by atoms with Gasteiger partial charge in [-0.2, -0.15) is 0 Å². The fourth-order valence-electron chi connectivity index (χ4n) is 2.04. The summed E-state index contributed by atoms with van der Waals surface area (Å²) >= 11 is 1.77. The van der Waals surface area contributed by atoms with Crippen molar-refractivity contribution >= 4 is 11.3 Å². The normalized spacial score (nSPS) is 10.4. The van der Waals surface area contributed by atoms with Gasteiger partial charge in [-0.15, -0.1) is 11.3 Å². The molecule has 3 rings (SSSR count). The zero-order chi connectivity index (χ0) is 13.1. The Morgan fingerprint density at radius 2 is 1.58 bits per heavy atom. The van der Waals surface area contributed by atoms with Crippen LogP contribution in [-0.4, -0.2) is 7.11 Å². The van der Waals surface area contributed by atoms with E-state index < -0.39 is 0 Å². The van der Waals surface area contributed by atoms with E-state index in [1.165, 1.54) is 21.6 Å². The van der Waals surface area contributed by atoms with Crippen LogP contribution in [0.4, 0.5) is 0 Å². The molecule has 0 saturated heterocycles. The van der Waals surface area contributed by atoms with Crippen molar-refractivity contribution in [2.75, 3.05) is 7.11 Å². The van der Waals surface area contributed by atoms with E-state index in [4.69, 9.17) is 4.74 Å². The Morgan fingerprint density at radius 1 is 0.789 bits per heavy atom. The predicted molar refractivity (Wildman–Crippen MR) is 81.7 cm³/mol. The molecule has 0 aliphatic carbocycles. The first-order valence-corrected chi connectivity index (χ1v) is 7.03. The molecule has 0 amide bonds. The van der Waals surface area contributed by atoms with Crippen LogP contribution in [0, 0.1) is 0 Å². The maximum absolute atomic E-state index is 5.27. The van der Waals surface area contributed by atoms with Gasteiger partial charge in [-0.3, -0.25) is 0 Å². The summed E-state index contributed by atoms with van der Waals surface area (Å²) in [5.41, 5.74) is 3.70. The molecule has 2 heteroatoms. The van der Waals surface area contributed by atoms with Crippen LogP contribution in [0.3, 0.4) is 0 Å². The fourth-order valence-corrected chi connectivity index (χ4v) is 2.97. The van der Waals surface area contributed by atoms with Crippen LogP contribution in [0.5, 0.6) is 5.75 Å². The molecule has 0 radical (unpaired) electrons. The lowest BCUT2D eigenvalue weighted by atomic mass is 10.1. The second-order valence-electron chi connectivity index (χ2n) is 4.30. The lowest BCUT2D eigenvalue weighted by Gasteiger charge is -2.02. The molecular formula is C17H14OS. The van der Waals surface area contributed by atoms with Gasteiger partial charge in [0, 0.05) is 4.88 Å². The van der Waals surface area contributed by atoms with E-state index in [2.05, 4.69) is 47.8 Å². The van der Waals surface area contributed by atoms with Crippen LogP contribution < -0.4 is 4.74 Å². The standard InChI is InChI=1S/C17H14OS/c1-18-16-9-5-8-14(10-16)15-11-17(19-12-15)13-6-3-2-4-7-13/h2-12H,1H3. The molecule has 2 aromatic carbocycles. The smallest absolute Gasteiger partial charge is 0.119 e. The summed E-state index contributed by atoms with van der Waals surface area (Å²) in [7, 11) is 1.70. The second-order valence-corrected chi connectivity index (χ2v) is 5.21. The van der Waals surface area contributed by atoms with Crippen molar-refractivity contribution in [1.82, 2.24) is 0 Å². The van der Waals surface area contributed by atoms with Crippen molar-refractivity contribution in [3.63, 3.8) is 0 Å². The Hall–Kier alpha value is -2.06. The van der Waals surface area contributed by atoms with Gasteiger partial charge >= 0.3 is 0 Å². The van der Waals surface area contributed by atoms with E-state index in [9.17, 15) is 0 Å². The second kappa shape index (κ2) is 5.29. The summed E-state index contributed by atoms with van der Waals surface area (Å²) in [6.45, 7) is 0. The lowest BCUT2D eigenvalue weighted by Crippen LogP contribution is -1.82. The van der Waals surface area contributed by atoms with E-state index in [-0.39, 0.29) is 0 Å². The van der Waals surface area contributed by atoms with Crippen molar-refractivity contribution < 1.29 is 4.74 Å². The van der Waals surface area contributed by atoms with Crippen LogP contribution in [0.15, 0.2) is 66.0 Å². The monoisotopic (exact) mass is 266 g/mol. The molecule has 0 aliphatic heterocycles. The van der Waals surface area contributed by atoms with Gasteiger partial charge in [0.2, 0.25) is 0 Å². The highest BCUT2D eigenvalue weighted by Crippen LogP contribution is 2.33. The van der Waals surface area contributed by atoms with Gasteiger partial charge in [0.05, 0.1) is 7.11 Å². The average Bonchev–Trinajstić information content (AvgIpc) is 2.98. The van der Waals surface area contributed by atoms with Crippen molar-refractivity contribution in [1.29, 1.82) is 0 Å². The molecule has 19 heavy (non-hydrogen) atoms. The van der Waals surface area contributed by atoms with E-state index in [1.54, 1.807) is 18.4 Å². The molecule has 0 aliphatic rings. The minimum absolute atomic E-state index is 0.893. The molecule has 94 valence electrons. The highest BCUT2D eigenvalue weighted by Gasteiger charge is 2.05. The first-order chi connectivity index (χ1) is 9.36. The van der Waals surface area contributed by atoms with Crippen LogP contribution in [0.25, 0.3) is 21.6 Å². The van der Waals surface area contributed by atoms with E-state index >= 15 is 0 Å². The molecular weight excluding hydrogens is 252 g/mol. The highest BCUT2D eigenvalue weighted by molar-refractivity contribution is 7.14. The molecule has 1 aromatic heterocycles. The molecule has 0 fully saturated rings. The molecule has 1 nitrogen and oxygen atoms in total. The zero-order valence-electron chi connectivity index (χ0n) is 10.7. The number of hydrogen-bond acceptors (Lipinski definition) is 2. The summed E-state index contributed by atoms with van der Waals surface area (Å²) in [5, 5.41) is 2.19. The zero-order valence-corrected chi connectivity index (χ0v) is 11.5. The lowest BCUT2D eigenvalue weighted by molar-refractivity contribution is 0.415. The molecule has 0 N–H and O–H groups in total. The van der Waals surface area contributed by atoms with Gasteiger partial charge < -0.3 is 4.74 Å². The number of rotatable bonds is 3. The van der Waals surface area contributed by atoms with Crippen LogP contribution in [0.1, 0.15) is 0 Å². The van der Waals surface area contributed by atoms with E-state index in [0.29, 0.717) is 0 Å². The van der Waals surface area contributed by atoms with Crippen molar-refractivity contribution in [2.24, 2.45) is 0 Å². The molecule has 0 spiro atoms. The Balaban J connectivity index is 1.97. The Bertz CT molecular complexity index is 670. The summed E-state index contributed by atoms with van der Waals surface area (Å²) < 4.78 is 5.27. The molecule has 0 bridgehead atoms. The van der Waals surface area contributed by atoms with Gasteiger partial charge in [-0.05, 0) is 40.3 Å². The highest BCUT2D eigenvalue weighted by atomic mass is 32.1. The van der Waals surface area contributed by atoms with Crippen LogP contribution in [0.2, 0.25) is 0 Å². The van der Waals surface area contributed by atoms with Gasteiger partial charge in [0.15, 0.2) is 0 Å². The maximum atomic E-state index is 5.27. The van der Waals surface area contributed by atoms with Gasteiger partial charge in [-0.1, -0.05) is 42.5 Å². The number of benzene rings is 2. The first-order valence-electron chi connectivity index (χ1n) is 6.15. The third-order valence-corrected chi connectivity index (χ3v) is 4.04. The van der Waals surface area contributed by atoms with Crippen LogP contribution in [-0.2, 0) is 0 Å². The minimum Gasteiger partial charge on any atom is -0.497 e. The molecule has 0 unspecified atom stereocenters. The number of methoxy groups -OCH3 is 1. The fraction of sp³-hybridized carbons (Fsp3) is 0.0588. The Morgan fingerprint density at radius 3 is 2.37 bits per heavy atom. The first kappa shape index (κ1) is 12.0. The number of ether oxygens (including phenoxy) is 1. The quantitative estimate of drug-likeness (QED) is 0.641. The minimum atomic E-state index is 0.893. The Labute approximate surface area is 117 Å². The van der Waals surface area contributed by atoms with E-state index in [0.717, 1.165) is 5.75 Å². The average molecular weight is 266 g/mol. The molecule has 3 aromatic rings.